The van der Waals surface area contributed by atoms with Crippen LogP contribution in [0.3, 0.4) is 0 Å². The molecule has 3 rings (SSSR count). The van der Waals surface area contributed by atoms with E-state index in [-0.39, 0.29) is 22.2 Å². The van der Waals surface area contributed by atoms with Gasteiger partial charge in [-0.25, -0.2) is 18.1 Å². The van der Waals surface area contributed by atoms with E-state index in [9.17, 15) is 21.6 Å². The van der Waals surface area contributed by atoms with Crippen LogP contribution in [0.25, 0.3) is 5.69 Å². The van der Waals surface area contributed by atoms with Gasteiger partial charge in [0.15, 0.2) is 0 Å². The van der Waals surface area contributed by atoms with E-state index in [2.05, 4.69) is 14.8 Å². The molecule has 0 bridgehead atoms. The highest BCUT2D eigenvalue weighted by molar-refractivity contribution is 7.92. The van der Waals surface area contributed by atoms with E-state index in [0.29, 0.717) is 12.1 Å². The van der Waals surface area contributed by atoms with Crippen LogP contribution < -0.4 is 4.72 Å². The molecular weight excluding hydrogens is 419 g/mol. The zero-order valence-electron chi connectivity index (χ0n) is 13.6. The normalized spacial score (nSPS) is 11.8. The Kier molecular flexibility index (Phi) is 5.01. The third-order valence-corrected chi connectivity index (χ3v) is 5.38. The third-order valence-electron chi connectivity index (χ3n) is 3.54. The molecule has 0 atom stereocenters. The fourth-order valence-corrected chi connectivity index (χ4v) is 3.88. The van der Waals surface area contributed by atoms with Gasteiger partial charge in [-0.15, -0.1) is 5.10 Å². The lowest BCUT2D eigenvalue weighted by Gasteiger charge is -2.14. The number of hydrogen-bond acceptors (Lipinski definition) is 5. The predicted octanol–water partition coefficient (Wildman–Crippen LogP) is 3.61. The molecule has 7 nitrogen and oxygen atoms in total. The topological polar surface area (TPSA) is 101 Å². The molecule has 0 saturated carbocycles. The van der Waals surface area contributed by atoms with E-state index < -0.39 is 26.7 Å². The molecule has 0 aliphatic heterocycles. The first-order valence-electron chi connectivity index (χ1n) is 7.42. The van der Waals surface area contributed by atoms with Gasteiger partial charge in [0, 0.05) is 0 Å². The summed E-state index contributed by atoms with van der Waals surface area (Å²) in [7, 11) is -4.46. The van der Waals surface area contributed by atoms with Gasteiger partial charge in [0.1, 0.15) is 17.3 Å². The molecule has 0 aliphatic rings. The molecular formula is C16H9ClF3N5O2S. The minimum atomic E-state index is -4.73. The maximum absolute atomic E-state index is 12.9. The summed E-state index contributed by atoms with van der Waals surface area (Å²) in [5.41, 5.74) is -0.936. The van der Waals surface area contributed by atoms with Crippen LogP contribution in [0.4, 0.5) is 18.9 Å². The van der Waals surface area contributed by atoms with Crippen molar-refractivity contribution in [3.8, 4) is 11.8 Å². The molecule has 1 aromatic heterocycles. The number of anilines is 1. The van der Waals surface area contributed by atoms with Crippen molar-refractivity contribution in [3.05, 3.63) is 65.2 Å². The standard InChI is InChI=1S/C16H9ClF3N5O2S/c17-11-6-5-10(16(18,19)20)7-14(11)28(26,27)24-12-3-1-2-4-13(12)25-9-22-15(8-21)23-25/h1-7,9,24H. The lowest BCUT2D eigenvalue weighted by molar-refractivity contribution is -0.137. The summed E-state index contributed by atoms with van der Waals surface area (Å²) in [5, 5.41) is 12.3. The summed E-state index contributed by atoms with van der Waals surface area (Å²) in [6.45, 7) is 0. The Morgan fingerprint density at radius 3 is 2.54 bits per heavy atom. The van der Waals surface area contributed by atoms with Gasteiger partial charge in [-0.1, -0.05) is 23.7 Å². The molecule has 0 amide bonds. The molecule has 28 heavy (non-hydrogen) atoms. The minimum Gasteiger partial charge on any atom is -0.277 e. The Morgan fingerprint density at radius 1 is 1.18 bits per heavy atom. The van der Waals surface area contributed by atoms with Gasteiger partial charge < -0.3 is 0 Å². The van der Waals surface area contributed by atoms with Crippen molar-refractivity contribution in [2.24, 2.45) is 0 Å². The predicted molar refractivity (Wildman–Crippen MR) is 93.3 cm³/mol. The van der Waals surface area contributed by atoms with Crippen LogP contribution in [-0.4, -0.2) is 23.2 Å². The molecule has 1 N–H and O–H groups in total. The fourth-order valence-electron chi connectivity index (χ4n) is 2.28. The lowest BCUT2D eigenvalue weighted by Crippen LogP contribution is -2.16. The quantitative estimate of drug-likeness (QED) is 0.685. The monoisotopic (exact) mass is 427 g/mol. The average molecular weight is 428 g/mol. The number of nitriles is 1. The van der Waals surface area contributed by atoms with Gasteiger partial charge in [-0.05, 0) is 30.3 Å². The number of alkyl halides is 3. The number of benzene rings is 2. The molecule has 0 fully saturated rings. The lowest BCUT2D eigenvalue weighted by atomic mass is 10.2. The van der Waals surface area contributed by atoms with Gasteiger partial charge in [-0.2, -0.15) is 18.4 Å². The van der Waals surface area contributed by atoms with E-state index in [1.54, 1.807) is 12.1 Å². The van der Waals surface area contributed by atoms with Crippen molar-refractivity contribution in [3.63, 3.8) is 0 Å². The smallest absolute Gasteiger partial charge is 0.277 e. The molecule has 3 aromatic rings. The summed E-state index contributed by atoms with van der Waals surface area (Å²) in [6, 6.07) is 9.70. The Morgan fingerprint density at radius 2 is 1.89 bits per heavy atom. The summed E-state index contributed by atoms with van der Waals surface area (Å²) >= 11 is 5.83. The van der Waals surface area contributed by atoms with Gasteiger partial charge in [0.25, 0.3) is 15.8 Å². The van der Waals surface area contributed by atoms with Gasteiger partial charge in [0.2, 0.25) is 0 Å². The highest BCUT2D eigenvalue weighted by Crippen LogP contribution is 2.34. The van der Waals surface area contributed by atoms with Crippen LogP contribution in [0.2, 0.25) is 5.02 Å². The number of hydrogen-bond donors (Lipinski definition) is 1. The highest BCUT2D eigenvalue weighted by atomic mass is 35.5. The number of rotatable bonds is 4. The first-order chi connectivity index (χ1) is 13.1. The van der Waals surface area contributed by atoms with Crippen molar-refractivity contribution in [2.75, 3.05) is 4.72 Å². The molecule has 12 heteroatoms. The van der Waals surface area contributed by atoms with Crippen LogP contribution >= 0.6 is 11.6 Å². The van der Waals surface area contributed by atoms with Crippen LogP contribution in [0.1, 0.15) is 11.4 Å². The molecule has 0 unspecified atom stereocenters. The van der Waals surface area contributed by atoms with Crippen LogP contribution in [0, 0.1) is 11.3 Å². The van der Waals surface area contributed by atoms with Crippen molar-refractivity contribution in [1.29, 1.82) is 5.26 Å². The van der Waals surface area contributed by atoms with Crippen LogP contribution in [0.15, 0.2) is 53.7 Å². The molecule has 1 heterocycles. The number of halogens is 4. The minimum absolute atomic E-state index is 0.00497. The van der Waals surface area contributed by atoms with Crippen molar-refractivity contribution in [2.45, 2.75) is 11.1 Å². The molecule has 144 valence electrons. The molecule has 0 aliphatic carbocycles. The van der Waals surface area contributed by atoms with E-state index >= 15 is 0 Å². The first-order valence-corrected chi connectivity index (χ1v) is 9.28. The summed E-state index contributed by atoms with van der Waals surface area (Å²) < 4.78 is 67.5. The van der Waals surface area contributed by atoms with Crippen molar-refractivity contribution < 1.29 is 21.6 Å². The van der Waals surface area contributed by atoms with E-state index in [0.717, 1.165) is 10.7 Å². The van der Waals surface area contributed by atoms with Crippen LogP contribution in [-0.2, 0) is 16.2 Å². The summed E-state index contributed by atoms with van der Waals surface area (Å²) in [4.78, 5) is 3.00. The van der Waals surface area contributed by atoms with Crippen LogP contribution in [0.5, 0.6) is 0 Å². The third kappa shape index (κ3) is 3.92. The van der Waals surface area contributed by atoms with Crippen molar-refractivity contribution >= 4 is 27.3 Å². The maximum Gasteiger partial charge on any atom is 0.416 e. The maximum atomic E-state index is 12.9. The number of aromatic nitrogens is 3. The first kappa shape index (κ1) is 19.7. The van der Waals surface area contributed by atoms with Gasteiger partial charge in [-0.3, -0.25) is 4.72 Å². The zero-order valence-corrected chi connectivity index (χ0v) is 15.2. The number of sulfonamides is 1. The number of nitrogens with one attached hydrogen (secondary N) is 1. The fraction of sp³-hybridized carbons (Fsp3) is 0.0625. The zero-order chi connectivity index (χ0) is 20.5. The average Bonchev–Trinajstić information content (AvgIpc) is 3.10. The van der Waals surface area contributed by atoms with Gasteiger partial charge >= 0.3 is 6.18 Å². The van der Waals surface area contributed by atoms with Gasteiger partial charge in [0.05, 0.1) is 22.0 Å². The van der Waals surface area contributed by atoms with Crippen molar-refractivity contribution in [1.82, 2.24) is 14.8 Å². The Bertz CT molecular complexity index is 1190. The number of nitrogens with zero attached hydrogens (tertiary/aromatic N) is 4. The number of para-hydroxylation sites is 2. The molecule has 0 radical (unpaired) electrons. The van der Waals surface area contributed by atoms with E-state index in [4.69, 9.17) is 16.9 Å². The second-order valence-corrected chi connectivity index (χ2v) is 7.45. The van der Waals surface area contributed by atoms with E-state index in [1.165, 1.54) is 24.5 Å². The Hall–Kier alpha value is -3.10. The van der Waals surface area contributed by atoms with E-state index in [1.807, 2.05) is 0 Å². The molecule has 0 saturated heterocycles. The summed E-state index contributed by atoms with van der Waals surface area (Å²) in [5.74, 6) is -0.140. The Labute approximate surface area is 162 Å². The second-order valence-electron chi connectivity index (χ2n) is 5.39. The molecule has 2 aromatic carbocycles. The largest absolute Gasteiger partial charge is 0.416 e. The molecule has 0 spiro atoms. The Balaban J connectivity index is 2.04. The highest BCUT2D eigenvalue weighted by Gasteiger charge is 2.33. The summed E-state index contributed by atoms with van der Waals surface area (Å²) in [6.07, 6.45) is -3.54. The second kappa shape index (κ2) is 7.14. The SMILES string of the molecule is N#Cc1ncn(-c2ccccc2NS(=O)(=O)c2cc(C(F)(F)F)ccc2Cl)n1.